The van der Waals surface area contributed by atoms with Crippen LogP contribution in [0.25, 0.3) is 0 Å². The van der Waals surface area contributed by atoms with E-state index in [0.29, 0.717) is 18.0 Å². The molecule has 1 heterocycles. The minimum absolute atomic E-state index is 0.0778. The van der Waals surface area contributed by atoms with Gasteiger partial charge >= 0.3 is 0 Å². The Morgan fingerprint density at radius 2 is 1.92 bits per heavy atom. The number of hydrogen-bond acceptors (Lipinski definition) is 6. The van der Waals surface area contributed by atoms with Gasteiger partial charge in [-0.2, -0.15) is 0 Å². The van der Waals surface area contributed by atoms with E-state index in [2.05, 4.69) is 15.3 Å². The van der Waals surface area contributed by atoms with Gasteiger partial charge in [0.1, 0.15) is 5.69 Å². The van der Waals surface area contributed by atoms with Gasteiger partial charge in [0, 0.05) is 26.8 Å². The van der Waals surface area contributed by atoms with Crippen LogP contribution in [-0.2, 0) is 11.3 Å². The van der Waals surface area contributed by atoms with Crippen molar-refractivity contribution in [2.45, 2.75) is 13.5 Å². The van der Waals surface area contributed by atoms with Gasteiger partial charge in [-0.3, -0.25) is 14.6 Å². The van der Waals surface area contributed by atoms with Crippen molar-refractivity contribution in [3.63, 3.8) is 0 Å². The summed E-state index contributed by atoms with van der Waals surface area (Å²) in [7, 11) is 4.83. The van der Waals surface area contributed by atoms with E-state index in [1.54, 1.807) is 45.4 Å². The highest BCUT2D eigenvalue weighted by atomic mass is 16.5. The average Bonchev–Trinajstić information content (AvgIpc) is 2.64. The topological polar surface area (TPSA) is 93.6 Å². The summed E-state index contributed by atoms with van der Waals surface area (Å²) in [5, 5.41) is 2.77. The van der Waals surface area contributed by atoms with Gasteiger partial charge in [0.05, 0.1) is 19.0 Å². The summed E-state index contributed by atoms with van der Waals surface area (Å²) >= 11 is 0. The van der Waals surface area contributed by atoms with Gasteiger partial charge in [-0.25, -0.2) is 4.98 Å². The number of methoxy groups -OCH3 is 1. The average molecular weight is 358 g/mol. The summed E-state index contributed by atoms with van der Waals surface area (Å²) in [6.07, 6.45) is 2.98. The van der Waals surface area contributed by atoms with Gasteiger partial charge in [0.15, 0.2) is 18.1 Å². The molecule has 0 radical (unpaired) electrons. The number of carbonyl (C=O) groups excluding carboxylic acids is 2. The quantitative estimate of drug-likeness (QED) is 0.799. The number of rotatable bonds is 7. The highest BCUT2D eigenvalue weighted by Crippen LogP contribution is 2.28. The fraction of sp³-hybridized carbons (Fsp3) is 0.333. The van der Waals surface area contributed by atoms with Crippen LogP contribution < -0.4 is 14.8 Å². The van der Waals surface area contributed by atoms with E-state index in [1.807, 2.05) is 0 Å². The first kappa shape index (κ1) is 19.2. The largest absolute Gasteiger partial charge is 0.493 e. The maximum atomic E-state index is 12.1. The Bertz CT molecular complexity index is 775. The van der Waals surface area contributed by atoms with Gasteiger partial charge < -0.3 is 19.7 Å². The van der Waals surface area contributed by atoms with Crippen LogP contribution in [0.3, 0.4) is 0 Å². The molecule has 138 valence electrons. The van der Waals surface area contributed by atoms with Gasteiger partial charge in [-0.15, -0.1) is 0 Å². The van der Waals surface area contributed by atoms with E-state index in [9.17, 15) is 9.59 Å². The molecular weight excluding hydrogens is 336 g/mol. The Kier molecular flexibility index (Phi) is 6.48. The van der Waals surface area contributed by atoms with E-state index in [4.69, 9.17) is 9.47 Å². The third kappa shape index (κ3) is 5.17. The zero-order valence-electron chi connectivity index (χ0n) is 15.3. The Labute approximate surface area is 152 Å². The van der Waals surface area contributed by atoms with Crippen molar-refractivity contribution in [3.8, 4) is 11.5 Å². The number of likely N-dealkylation sites (N-methyl/N-ethyl adjacent to an activating group) is 1. The van der Waals surface area contributed by atoms with Gasteiger partial charge in [0.2, 0.25) is 0 Å². The van der Waals surface area contributed by atoms with Crippen LogP contribution in [0.1, 0.15) is 21.7 Å². The first-order valence-electron chi connectivity index (χ1n) is 7.97. The van der Waals surface area contributed by atoms with Gasteiger partial charge in [0.25, 0.3) is 11.8 Å². The van der Waals surface area contributed by atoms with Crippen molar-refractivity contribution >= 4 is 11.8 Å². The van der Waals surface area contributed by atoms with Gasteiger partial charge in [-0.1, -0.05) is 6.07 Å². The minimum Gasteiger partial charge on any atom is -0.493 e. The smallest absolute Gasteiger partial charge is 0.271 e. The Hall–Kier alpha value is -3.16. The zero-order valence-corrected chi connectivity index (χ0v) is 15.3. The summed E-state index contributed by atoms with van der Waals surface area (Å²) < 4.78 is 10.8. The number of carbonyl (C=O) groups is 2. The normalized spacial score (nSPS) is 10.2. The van der Waals surface area contributed by atoms with E-state index >= 15 is 0 Å². The predicted octanol–water partition coefficient (Wildman–Crippen LogP) is 1.19. The summed E-state index contributed by atoms with van der Waals surface area (Å²) in [6, 6.07) is 5.24. The molecule has 2 aromatic rings. The van der Waals surface area contributed by atoms with E-state index in [0.717, 1.165) is 11.3 Å². The number of nitrogens with one attached hydrogen (secondary N) is 1. The summed E-state index contributed by atoms with van der Waals surface area (Å²) in [5.74, 6) is 0.483. The highest BCUT2D eigenvalue weighted by Gasteiger charge is 2.11. The molecule has 0 aliphatic heterocycles. The molecule has 26 heavy (non-hydrogen) atoms. The molecule has 1 N–H and O–H groups in total. The van der Waals surface area contributed by atoms with Crippen LogP contribution in [0.2, 0.25) is 0 Å². The van der Waals surface area contributed by atoms with Crippen LogP contribution in [0.15, 0.2) is 30.6 Å². The lowest BCUT2D eigenvalue weighted by Gasteiger charge is -2.14. The maximum absolute atomic E-state index is 12.1. The lowest BCUT2D eigenvalue weighted by Crippen LogP contribution is -2.27. The molecule has 0 atom stereocenters. The Morgan fingerprint density at radius 1 is 1.15 bits per heavy atom. The van der Waals surface area contributed by atoms with Crippen molar-refractivity contribution < 1.29 is 19.1 Å². The van der Waals surface area contributed by atoms with Crippen molar-refractivity contribution in [2.24, 2.45) is 0 Å². The fourth-order valence-electron chi connectivity index (χ4n) is 1.99. The van der Waals surface area contributed by atoms with Crippen molar-refractivity contribution in [2.75, 3.05) is 27.8 Å². The molecule has 0 spiro atoms. The second-order valence-corrected chi connectivity index (χ2v) is 5.79. The summed E-state index contributed by atoms with van der Waals surface area (Å²) in [5.41, 5.74) is 1.82. The molecule has 0 bridgehead atoms. The van der Waals surface area contributed by atoms with Crippen LogP contribution in [0, 0.1) is 6.92 Å². The van der Waals surface area contributed by atoms with Crippen molar-refractivity contribution in [3.05, 3.63) is 47.5 Å². The molecule has 0 unspecified atom stereocenters. The summed E-state index contributed by atoms with van der Waals surface area (Å²) in [6.45, 7) is 2.02. The highest BCUT2D eigenvalue weighted by molar-refractivity contribution is 5.91. The van der Waals surface area contributed by atoms with Gasteiger partial charge in [-0.05, 0) is 24.6 Å². The third-order valence-corrected chi connectivity index (χ3v) is 3.54. The first-order valence-corrected chi connectivity index (χ1v) is 7.97. The molecule has 0 saturated heterocycles. The van der Waals surface area contributed by atoms with E-state index < -0.39 is 0 Å². The monoisotopic (exact) mass is 358 g/mol. The fourth-order valence-corrected chi connectivity index (χ4v) is 1.99. The number of aromatic nitrogens is 2. The minimum atomic E-state index is -0.312. The summed E-state index contributed by atoms with van der Waals surface area (Å²) in [4.78, 5) is 33.2. The van der Waals surface area contributed by atoms with Crippen LogP contribution in [0.4, 0.5) is 0 Å². The second kappa shape index (κ2) is 8.80. The zero-order chi connectivity index (χ0) is 19.1. The first-order chi connectivity index (χ1) is 12.4. The predicted molar refractivity (Wildman–Crippen MR) is 95.1 cm³/mol. The van der Waals surface area contributed by atoms with Crippen molar-refractivity contribution in [1.82, 2.24) is 20.2 Å². The molecule has 8 nitrogen and oxygen atoms in total. The molecule has 1 aromatic carbocycles. The molecule has 0 fully saturated rings. The Morgan fingerprint density at radius 3 is 2.54 bits per heavy atom. The third-order valence-electron chi connectivity index (χ3n) is 3.54. The molecule has 0 aliphatic carbocycles. The second-order valence-electron chi connectivity index (χ2n) is 5.79. The lowest BCUT2D eigenvalue weighted by atomic mass is 10.2. The molecule has 0 aliphatic rings. The molecule has 1 aromatic heterocycles. The van der Waals surface area contributed by atoms with Crippen molar-refractivity contribution in [1.29, 1.82) is 0 Å². The van der Waals surface area contributed by atoms with E-state index in [-0.39, 0.29) is 24.1 Å². The molecule has 0 saturated carbocycles. The number of amides is 2. The number of benzene rings is 1. The molecule has 2 rings (SSSR count). The number of nitrogens with zero attached hydrogens (tertiary/aromatic N) is 3. The van der Waals surface area contributed by atoms with Crippen LogP contribution >= 0.6 is 0 Å². The standard InChI is InChI=1S/C18H22N4O4/c1-12-8-20-14(10-19-12)18(24)21-9-13-5-6-15(16(7-13)25-4)26-11-17(23)22(2)3/h5-8,10H,9,11H2,1-4H3,(H,21,24). The number of hydrogen-bond donors (Lipinski definition) is 1. The number of aryl methyl sites for hydroxylation is 1. The molecule has 8 heteroatoms. The Balaban J connectivity index is 1.98. The van der Waals surface area contributed by atoms with Crippen LogP contribution in [-0.4, -0.2) is 54.5 Å². The van der Waals surface area contributed by atoms with Crippen LogP contribution in [0.5, 0.6) is 11.5 Å². The SMILES string of the molecule is COc1cc(CNC(=O)c2cnc(C)cn2)ccc1OCC(=O)N(C)C. The molecular formula is C18H22N4O4. The number of ether oxygens (including phenoxy) is 2. The van der Waals surface area contributed by atoms with E-state index in [1.165, 1.54) is 18.2 Å². The lowest BCUT2D eigenvalue weighted by molar-refractivity contribution is -0.130. The molecule has 2 amide bonds. The maximum Gasteiger partial charge on any atom is 0.271 e.